The molecule has 29 heavy (non-hydrogen) atoms. The van der Waals surface area contributed by atoms with Gasteiger partial charge < -0.3 is 0 Å². The van der Waals surface area contributed by atoms with Crippen molar-refractivity contribution in [2.45, 2.75) is 72.1 Å². The first-order chi connectivity index (χ1) is 14.1. The highest BCUT2D eigenvalue weighted by Crippen LogP contribution is 2.36. The fraction of sp³-hybridized carbons (Fsp3) is 0.500. The minimum Gasteiger partial charge on any atom is -0.206 e. The predicted molar refractivity (Wildman–Crippen MR) is 121 cm³/mol. The molecule has 0 N–H and O–H groups in total. The van der Waals surface area contributed by atoms with E-state index in [4.69, 9.17) is 0 Å². The maximum Gasteiger partial charge on any atom is 0.139 e. The van der Waals surface area contributed by atoms with Crippen LogP contribution in [0.15, 0.2) is 42.5 Å². The highest BCUT2D eigenvalue weighted by atomic mass is 19.1. The lowest BCUT2D eigenvalue weighted by Crippen LogP contribution is -2.21. The predicted octanol–water partition coefficient (Wildman–Crippen LogP) is 7.57. The maximum absolute atomic E-state index is 14.6. The molecule has 0 spiro atoms. The molecule has 0 heterocycles. The molecular formula is C28H35F. The topological polar surface area (TPSA) is 0 Å². The Kier molecular flexibility index (Phi) is 7.93. The van der Waals surface area contributed by atoms with E-state index in [1.165, 1.54) is 44.1 Å². The summed E-state index contributed by atoms with van der Waals surface area (Å²) in [7, 11) is 0. The van der Waals surface area contributed by atoms with Gasteiger partial charge in [0.05, 0.1) is 5.56 Å². The molecule has 1 fully saturated rings. The SMILES string of the molecule is CCCC1CCC(C(C)Cc2ccc(C#Cc3ccc(CC)cc3)c(F)c2)CC1. The molecule has 2 aromatic rings. The molecule has 0 aromatic heterocycles. The van der Waals surface area contributed by atoms with Crippen LogP contribution >= 0.6 is 0 Å². The molecule has 1 aliphatic carbocycles. The minimum absolute atomic E-state index is 0.195. The second-order valence-electron chi connectivity index (χ2n) is 8.87. The Morgan fingerprint density at radius 3 is 2.24 bits per heavy atom. The number of rotatable bonds is 6. The summed E-state index contributed by atoms with van der Waals surface area (Å²) in [5.41, 5.74) is 3.81. The average Bonchev–Trinajstić information content (AvgIpc) is 2.74. The zero-order valence-electron chi connectivity index (χ0n) is 18.3. The van der Waals surface area contributed by atoms with Crippen LogP contribution < -0.4 is 0 Å². The Morgan fingerprint density at radius 1 is 0.931 bits per heavy atom. The number of aryl methyl sites for hydroxylation is 1. The molecule has 1 atom stereocenters. The van der Waals surface area contributed by atoms with E-state index >= 15 is 0 Å². The molecule has 0 radical (unpaired) electrons. The Hall–Kier alpha value is -2.07. The normalized spacial score (nSPS) is 20.0. The van der Waals surface area contributed by atoms with Crippen LogP contribution in [0.4, 0.5) is 4.39 Å². The van der Waals surface area contributed by atoms with Gasteiger partial charge in [0.25, 0.3) is 0 Å². The van der Waals surface area contributed by atoms with Gasteiger partial charge in [-0.3, -0.25) is 0 Å². The van der Waals surface area contributed by atoms with Crippen LogP contribution in [0.5, 0.6) is 0 Å². The van der Waals surface area contributed by atoms with Crippen molar-refractivity contribution >= 4 is 0 Å². The molecule has 1 saturated carbocycles. The van der Waals surface area contributed by atoms with Crippen molar-refractivity contribution in [1.82, 2.24) is 0 Å². The van der Waals surface area contributed by atoms with Crippen molar-refractivity contribution in [3.05, 3.63) is 70.5 Å². The standard InChI is InChI=1S/C28H35F/c1-4-6-23-11-15-26(16-12-23)21(3)19-25-14-18-27(28(29)20-25)17-13-24-9-7-22(5-2)8-10-24/h7-10,14,18,20-21,23,26H,4-6,11-12,15-16,19H2,1-3H3. The summed E-state index contributed by atoms with van der Waals surface area (Å²) in [5, 5.41) is 0. The van der Waals surface area contributed by atoms with Gasteiger partial charge in [-0.1, -0.05) is 76.5 Å². The third-order valence-electron chi connectivity index (χ3n) is 6.69. The molecule has 1 heteroatoms. The lowest BCUT2D eigenvalue weighted by Gasteiger charge is -2.32. The Bertz CT molecular complexity index is 829. The average molecular weight is 391 g/mol. The maximum atomic E-state index is 14.6. The summed E-state index contributed by atoms with van der Waals surface area (Å²) in [5.74, 6) is 8.24. The lowest BCUT2D eigenvalue weighted by atomic mass is 9.74. The molecule has 0 bridgehead atoms. The largest absolute Gasteiger partial charge is 0.206 e. The van der Waals surface area contributed by atoms with Crippen LogP contribution in [-0.4, -0.2) is 0 Å². The van der Waals surface area contributed by atoms with Gasteiger partial charge >= 0.3 is 0 Å². The highest BCUT2D eigenvalue weighted by Gasteiger charge is 2.25. The quantitative estimate of drug-likeness (QED) is 0.446. The van der Waals surface area contributed by atoms with E-state index in [9.17, 15) is 4.39 Å². The summed E-state index contributed by atoms with van der Waals surface area (Å²) < 4.78 is 14.6. The molecule has 1 unspecified atom stereocenters. The van der Waals surface area contributed by atoms with Crippen LogP contribution in [0.2, 0.25) is 0 Å². The van der Waals surface area contributed by atoms with Crippen molar-refractivity contribution in [3.8, 4) is 11.8 Å². The number of hydrogen-bond acceptors (Lipinski definition) is 0. The van der Waals surface area contributed by atoms with E-state index in [1.807, 2.05) is 18.2 Å². The van der Waals surface area contributed by atoms with Crippen molar-refractivity contribution in [2.24, 2.45) is 17.8 Å². The Labute approximate surface area is 176 Å². The van der Waals surface area contributed by atoms with E-state index in [0.717, 1.165) is 35.8 Å². The second kappa shape index (κ2) is 10.6. The zero-order valence-corrected chi connectivity index (χ0v) is 18.3. The molecule has 2 aromatic carbocycles. The van der Waals surface area contributed by atoms with Gasteiger partial charge in [-0.15, -0.1) is 0 Å². The summed E-state index contributed by atoms with van der Waals surface area (Å²) in [6.07, 6.45) is 10.1. The summed E-state index contributed by atoms with van der Waals surface area (Å²) in [4.78, 5) is 0. The van der Waals surface area contributed by atoms with Gasteiger partial charge in [0.2, 0.25) is 0 Å². The zero-order chi connectivity index (χ0) is 20.6. The van der Waals surface area contributed by atoms with E-state index in [0.29, 0.717) is 11.5 Å². The molecule has 0 amide bonds. The first kappa shape index (κ1) is 21.6. The van der Waals surface area contributed by atoms with Crippen molar-refractivity contribution in [3.63, 3.8) is 0 Å². The van der Waals surface area contributed by atoms with E-state index < -0.39 is 0 Å². The number of hydrogen-bond donors (Lipinski definition) is 0. The molecule has 1 aliphatic rings. The first-order valence-corrected chi connectivity index (χ1v) is 11.5. The van der Waals surface area contributed by atoms with E-state index in [1.54, 1.807) is 6.07 Å². The molecule has 0 aliphatic heterocycles. The molecule has 0 nitrogen and oxygen atoms in total. The summed E-state index contributed by atoms with van der Waals surface area (Å²) in [6, 6.07) is 13.8. The second-order valence-corrected chi connectivity index (χ2v) is 8.87. The fourth-order valence-electron chi connectivity index (χ4n) is 4.74. The van der Waals surface area contributed by atoms with Gasteiger partial charge in [-0.25, -0.2) is 4.39 Å². The molecular weight excluding hydrogens is 355 g/mol. The Balaban J connectivity index is 1.59. The Morgan fingerprint density at radius 2 is 1.62 bits per heavy atom. The molecule has 3 rings (SSSR count). The van der Waals surface area contributed by atoms with Crippen LogP contribution in [0.25, 0.3) is 0 Å². The molecule has 0 saturated heterocycles. The number of benzene rings is 2. The van der Waals surface area contributed by atoms with Crippen LogP contribution in [-0.2, 0) is 12.8 Å². The van der Waals surface area contributed by atoms with Gasteiger partial charge in [0.1, 0.15) is 5.82 Å². The van der Waals surface area contributed by atoms with Crippen LogP contribution in [0, 0.1) is 35.4 Å². The van der Waals surface area contributed by atoms with Crippen LogP contribution in [0.3, 0.4) is 0 Å². The van der Waals surface area contributed by atoms with Crippen molar-refractivity contribution in [1.29, 1.82) is 0 Å². The smallest absolute Gasteiger partial charge is 0.139 e. The van der Waals surface area contributed by atoms with Crippen LogP contribution in [0.1, 0.15) is 81.5 Å². The fourth-order valence-corrected chi connectivity index (χ4v) is 4.74. The number of halogens is 1. The lowest BCUT2D eigenvalue weighted by molar-refractivity contribution is 0.206. The van der Waals surface area contributed by atoms with Gasteiger partial charge in [0, 0.05) is 5.56 Å². The molecule has 154 valence electrons. The third-order valence-corrected chi connectivity index (χ3v) is 6.69. The monoisotopic (exact) mass is 390 g/mol. The third kappa shape index (κ3) is 6.20. The minimum atomic E-state index is -0.195. The van der Waals surface area contributed by atoms with E-state index in [2.05, 4.69) is 50.8 Å². The summed E-state index contributed by atoms with van der Waals surface area (Å²) >= 11 is 0. The van der Waals surface area contributed by atoms with Crippen molar-refractivity contribution in [2.75, 3.05) is 0 Å². The summed E-state index contributed by atoms with van der Waals surface area (Å²) in [6.45, 7) is 6.77. The highest BCUT2D eigenvalue weighted by molar-refractivity contribution is 5.44. The first-order valence-electron chi connectivity index (χ1n) is 11.5. The van der Waals surface area contributed by atoms with Gasteiger partial charge in [-0.2, -0.15) is 0 Å². The van der Waals surface area contributed by atoms with Gasteiger partial charge in [0.15, 0.2) is 0 Å². The van der Waals surface area contributed by atoms with E-state index in [-0.39, 0.29) is 5.82 Å². The van der Waals surface area contributed by atoms with Gasteiger partial charge in [-0.05, 0) is 78.8 Å². The van der Waals surface area contributed by atoms with Crippen molar-refractivity contribution < 1.29 is 4.39 Å².